The van der Waals surface area contributed by atoms with Crippen molar-refractivity contribution in [2.24, 2.45) is 0 Å². The Morgan fingerprint density at radius 1 is 1.19 bits per heavy atom. The van der Waals surface area contributed by atoms with Crippen molar-refractivity contribution in [1.82, 2.24) is 9.97 Å². The first-order chi connectivity index (χ1) is 7.68. The molecule has 1 N–H and O–H groups in total. The third-order valence-corrected chi connectivity index (χ3v) is 2.45. The normalized spacial score (nSPS) is 12.4. The van der Waals surface area contributed by atoms with E-state index in [1.807, 2.05) is 0 Å². The van der Waals surface area contributed by atoms with Crippen LogP contribution in [0.5, 0.6) is 0 Å². The summed E-state index contributed by atoms with van der Waals surface area (Å²) < 4.78 is 12.9. The first-order valence-electron chi connectivity index (χ1n) is 4.56. The highest BCUT2D eigenvalue weighted by Crippen LogP contribution is 2.24. The van der Waals surface area contributed by atoms with Crippen LogP contribution < -0.4 is 0 Å². The first-order valence-corrected chi connectivity index (χ1v) is 4.94. The van der Waals surface area contributed by atoms with E-state index < -0.39 is 11.9 Å². The maximum atomic E-state index is 12.9. The van der Waals surface area contributed by atoms with Gasteiger partial charge >= 0.3 is 0 Å². The van der Waals surface area contributed by atoms with Crippen LogP contribution in [-0.4, -0.2) is 15.1 Å². The molecule has 1 unspecified atom stereocenters. The predicted octanol–water partition coefficient (Wildman–Crippen LogP) is 2.35. The van der Waals surface area contributed by atoms with Crippen molar-refractivity contribution in [3.05, 3.63) is 58.9 Å². The van der Waals surface area contributed by atoms with Crippen LogP contribution in [-0.2, 0) is 0 Å². The van der Waals surface area contributed by atoms with Crippen molar-refractivity contribution in [1.29, 1.82) is 0 Å². The van der Waals surface area contributed by atoms with Crippen LogP contribution in [0.1, 0.15) is 17.2 Å². The molecule has 2 rings (SSSR count). The Morgan fingerprint density at radius 2 is 1.88 bits per heavy atom. The zero-order valence-electron chi connectivity index (χ0n) is 8.14. The lowest BCUT2D eigenvalue weighted by Gasteiger charge is -2.10. The second kappa shape index (κ2) is 4.55. The van der Waals surface area contributed by atoms with E-state index in [2.05, 4.69) is 9.97 Å². The van der Waals surface area contributed by atoms with Gasteiger partial charge < -0.3 is 5.11 Å². The summed E-state index contributed by atoms with van der Waals surface area (Å²) >= 11 is 5.63. The molecule has 1 heterocycles. The number of aliphatic hydroxyl groups is 1. The maximum Gasteiger partial charge on any atom is 0.141 e. The molecule has 0 radical (unpaired) electrons. The zero-order valence-corrected chi connectivity index (χ0v) is 8.89. The highest BCUT2D eigenvalue weighted by atomic mass is 35.5. The van der Waals surface area contributed by atoms with Crippen LogP contribution >= 0.6 is 11.6 Å². The molecule has 5 heteroatoms. The van der Waals surface area contributed by atoms with Crippen molar-refractivity contribution in [2.45, 2.75) is 6.10 Å². The van der Waals surface area contributed by atoms with Crippen LogP contribution in [0.3, 0.4) is 0 Å². The summed E-state index contributed by atoms with van der Waals surface area (Å²) in [6.45, 7) is 0. The van der Waals surface area contributed by atoms with Gasteiger partial charge in [-0.25, -0.2) is 14.4 Å². The Morgan fingerprint density at radius 3 is 2.50 bits per heavy atom. The molecule has 0 spiro atoms. The molecule has 0 saturated carbocycles. The molecule has 0 aliphatic heterocycles. The van der Waals surface area contributed by atoms with Crippen molar-refractivity contribution in [2.75, 3.05) is 0 Å². The summed E-state index contributed by atoms with van der Waals surface area (Å²) in [6.07, 6.45) is 3.46. The van der Waals surface area contributed by atoms with E-state index in [1.165, 1.54) is 36.9 Å². The molecule has 1 aromatic carbocycles. The Hall–Kier alpha value is -1.52. The quantitative estimate of drug-likeness (QED) is 0.874. The van der Waals surface area contributed by atoms with Gasteiger partial charge in [0.05, 0.1) is 5.02 Å². The third kappa shape index (κ3) is 2.18. The standard InChI is InChI=1S/C11H8ClFN2O/c12-9-3-7(1-2-10(9)13)11(16)8-4-14-6-15-5-8/h1-6,11,16H. The highest BCUT2D eigenvalue weighted by Gasteiger charge is 2.12. The molecule has 2 aromatic rings. The number of aliphatic hydroxyl groups excluding tert-OH is 1. The van der Waals surface area contributed by atoms with E-state index >= 15 is 0 Å². The van der Waals surface area contributed by atoms with Gasteiger partial charge in [-0.15, -0.1) is 0 Å². The van der Waals surface area contributed by atoms with Crippen molar-refractivity contribution < 1.29 is 9.50 Å². The average Bonchev–Trinajstić information content (AvgIpc) is 2.33. The predicted molar refractivity (Wildman–Crippen MR) is 57.5 cm³/mol. The number of halogens is 2. The number of benzene rings is 1. The minimum atomic E-state index is -0.903. The van der Waals surface area contributed by atoms with Crippen LogP contribution in [0.4, 0.5) is 4.39 Å². The SMILES string of the molecule is OC(c1cncnc1)c1ccc(F)c(Cl)c1. The van der Waals surface area contributed by atoms with Gasteiger partial charge in [-0.2, -0.15) is 0 Å². The molecule has 16 heavy (non-hydrogen) atoms. The summed E-state index contributed by atoms with van der Waals surface area (Å²) in [4.78, 5) is 7.59. The number of aromatic nitrogens is 2. The fourth-order valence-corrected chi connectivity index (χ4v) is 1.52. The van der Waals surface area contributed by atoms with E-state index in [0.29, 0.717) is 11.1 Å². The van der Waals surface area contributed by atoms with Crippen molar-refractivity contribution in [3.63, 3.8) is 0 Å². The Labute approximate surface area is 96.6 Å². The van der Waals surface area contributed by atoms with Gasteiger partial charge in [0.1, 0.15) is 18.2 Å². The molecule has 1 aromatic heterocycles. The second-order valence-electron chi connectivity index (χ2n) is 3.25. The molecule has 82 valence electrons. The largest absolute Gasteiger partial charge is 0.384 e. The molecule has 1 atom stereocenters. The van der Waals surface area contributed by atoms with Gasteiger partial charge in [0, 0.05) is 18.0 Å². The van der Waals surface area contributed by atoms with Gasteiger partial charge in [0.2, 0.25) is 0 Å². The van der Waals surface area contributed by atoms with Crippen LogP contribution in [0.2, 0.25) is 5.02 Å². The summed E-state index contributed by atoms with van der Waals surface area (Å²) in [6, 6.07) is 4.07. The van der Waals surface area contributed by atoms with Crippen molar-refractivity contribution >= 4 is 11.6 Å². The molecule has 0 aliphatic carbocycles. The lowest BCUT2D eigenvalue weighted by molar-refractivity contribution is 0.219. The lowest BCUT2D eigenvalue weighted by Crippen LogP contribution is -2.01. The number of hydrogen-bond acceptors (Lipinski definition) is 3. The molecule has 0 fully saturated rings. The van der Waals surface area contributed by atoms with Gasteiger partial charge in [-0.3, -0.25) is 0 Å². The minimum absolute atomic E-state index is 0.0200. The van der Waals surface area contributed by atoms with Gasteiger partial charge in [-0.05, 0) is 17.7 Å². The fraction of sp³-hybridized carbons (Fsp3) is 0.0909. The summed E-state index contributed by atoms with van der Waals surface area (Å²) in [5.74, 6) is -0.512. The molecule has 3 nitrogen and oxygen atoms in total. The fourth-order valence-electron chi connectivity index (χ4n) is 1.33. The van der Waals surface area contributed by atoms with Crippen LogP contribution in [0.25, 0.3) is 0 Å². The number of nitrogens with zero attached hydrogens (tertiary/aromatic N) is 2. The molecule has 0 aliphatic rings. The van der Waals surface area contributed by atoms with Gasteiger partial charge in [0.15, 0.2) is 0 Å². The van der Waals surface area contributed by atoms with Gasteiger partial charge in [0.25, 0.3) is 0 Å². The van der Waals surface area contributed by atoms with Crippen LogP contribution in [0, 0.1) is 5.82 Å². The molecular weight excluding hydrogens is 231 g/mol. The van der Waals surface area contributed by atoms with E-state index in [9.17, 15) is 9.50 Å². The Kier molecular flexibility index (Phi) is 3.12. The van der Waals surface area contributed by atoms with E-state index in [4.69, 9.17) is 11.6 Å². The van der Waals surface area contributed by atoms with Crippen molar-refractivity contribution in [3.8, 4) is 0 Å². The number of hydrogen-bond donors (Lipinski definition) is 1. The zero-order chi connectivity index (χ0) is 11.5. The monoisotopic (exact) mass is 238 g/mol. The van der Waals surface area contributed by atoms with E-state index in [1.54, 1.807) is 0 Å². The smallest absolute Gasteiger partial charge is 0.141 e. The summed E-state index contributed by atoms with van der Waals surface area (Å²) in [5.41, 5.74) is 1.03. The minimum Gasteiger partial charge on any atom is -0.384 e. The van der Waals surface area contributed by atoms with Gasteiger partial charge in [-0.1, -0.05) is 17.7 Å². The van der Waals surface area contributed by atoms with E-state index in [-0.39, 0.29) is 5.02 Å². The number of rotatable bonds is 2. The topological polar surface area (TPSA) is 46.0 Å². The Bertz CT molecular complexity index is 493. The summed E-state index contributed by atoms with van der Waals surface area (Å²) in [5, 5.41) is 9.93. The maximum absolute atomic E-state index is 12.9. The molecule has 0 saturated heterocycles. The Balaban J connectivity index is 2.34. The highest BCUT2D eigenvalue weighted by molar-refractivity contribution is 6.30. The van der Waals surface area contributed by atoms with E-state index in [0.717, 1.165) is 0 Å². The summed E-state index contributed by atoms with van der Waals surface area (Å²) in [7, 11) is 0. The first kappa shape index (κ1) is 11.0. The molecular formula is C11H8ClFN2O. The molecule has 0 amide bonds. The average molecular weight is 239 g/mol. The lowest BCUT2D eigenvalue weighted by atomic mass is 10.0. The second-order valence-corrected chi connectivity index (χ2v) is 3.66. The van der Waals surface area contributed by atoms with Crippen LogP contribution in [0.15, 0.2) is 36.9 Å². The third-order valence-electron chi connectivity index (χ3n) is 2.16. The molecule has 0 bridgehead atoms.